The summed E-state index contributed by atoms with van der Waals surface area (Å²) in [5.41, 5.74) is 0.161. The van der Waals surface area contributed by atoms with E-state index >= 15 is 0 Å². The van der Waals surface area contributed by atoms with E-state index in [4.69, 9.17) is 16.3 Å². The molecule has 15 heavy (non-hydrogen) atoms. The lowest BCUT2D eigenvalue weighted by molar-refractivity contribution is -0.119. The van der Waals surface area contributed by atoms with Crippen LogP contribution in [0.2, 0.25) is 0 Å². The zero-order valence-electron chi connectivity index (χ0n) is 7.68. The molecule has 0 heterocycles. The van der Waals surface area contributed by atoms with E-state index in [-0.39, 0.29) is 5.56 Å². The molecule has 0 aliphatic heterocycles. The number of hydrogen-bond acceptors (Lipinski definition) is 2. The fourth-order valence-electron chi connectivity index (χ4n) is 0.927. The molecule has 1 aromatic carbocycles. The van der Waals surface area contributed by atoms with Crippen LogP contribution in [-0.4, -0.2) is 18.6 Å². The van der Waals surface area contributed by atoms with Gasteiger partial charge in [-0.2, -0.15) is 4.99 Å². The molecule has 0 bridgehead atoms. The average Bonchev–Trinajstić information content (AvgIpc) is 2.15. The molecule has 2 nitrogen and oxygen atoms in total. The average molecular weight is 238 g/mol. The van der Waals surface area contributed by atoms with Crippen LogP contribution < -0.4 is 4.74 Å². The largest absolute Gasteiger partial charge is 0.504 e. The minimum atomic E-state index is -4.67. The Morgan fingerprint density at radius 2 is 2.07 bits per heavy atom. The topological polar surface area (TPSA) is 21.6 Å². The zero-order valence-corrected chi connectivity index (χ0v) is 8.43. The molecular formula is C9H7ClF3NO. The van der Waals surface area contributed by atoms with Crippen LogP contribution in [0.3, 0.4) is 0 Å². The summed E-state index contributed by atoms with van der Waals surface area (Å²) in [6, 6.07) is 5.92. The molecule has 0 saturated heterocycles. The second-order valence-electron chi connectivity index (χ2n) is 2.60. The molecule has 0 spiro atoms. The van der Waals surface area contributed by atoms with E-state index in [1.54, 1.807) is 6.07 Å². The lowest BCUT2D eigenvalue weighted by atomic mass is 10.2. The second kappa shape index (κ2) is 4.53. The lowest BCUT2D eigenvalue weighted by Gasteiger charge is -2.04. The molecule has 0 aliphatic carbocycles. The smallest absolute Gasteiger partial charge is 0.497 e. The van der Waals surface area contributed by atoms with Crippen LogP contribution in [0.5, 0.6) is 5.75 Å². The summed E-state index contributed by atoms with van der Waals surface area (Å²) in [5.74, 6) is 0.419. The maximum Gasteiger partial charge on any atom is 0.504 e. The van der Waals surface area contributed by atoms with Gasteiger partial charge in [0.15, 0.2) is 0 Å². The Hall–Kier alpha value is -1.23. The molecule has 1 aromatic rings. The van der Waals surface area contributed by atoms with Crippen molar-refractivity contribution in [2.75, 3.05) is 7.11 Å². The monoisotopic (exact) mass is 237 g/mol. The number of aliphatic imine (C=N–C) groups is 1. The summed E-state index contributed by atoms with van der Waals surface area (Å²) in [7, 11) is 1.41. The molecule has 0 radical (unpaired) electrons. The fourth-order valence-corrected chi connectivity index (χ4v) is 1.14. The van der Waals surface area contributed by atoms with E-state index in [0.29, 0.717) is 5.75 Å². The third-order valence-corrected chi connectivity index (χ3v) is 1.84. The van der Waals surface area contributed by atoms with Gasteiger partial charge in [0.2, 0.25) is 0 Å². The van der Waals surface area contributed by atoms with E-state index in [2.05, 4.69) is 4.99 Å². The van der Waals surface area contributed by atoms with Gasteiger partial charge in [-0.3, -0.25) is 0 Å². The van der Waals surface area contributed by atoms with Crippen LogP contribution in [0.15, 0.2) is 29.3 Å². The van der Waals surface area contributed by atoms with Crippen LogP contribution in [0.4, 0.5) is 13.2 Å². The summed E-state index contributed by atoms with van der Waals surface area (Å²) >= 11 is 5.39. The molecule has 1 rings (SSSR count). The van der Waals surface area contributed by atoms with Gasteiger partial charge in [-0.15, -0.1) is 13.2 Å². The van der Waals surface area contributed by atoms with Crippen molar-refractivity contribution < 1.29 is 17.9 Å². The molecular weight excluding hydrogens is 231 g/mol. The third-order valence-electron chi connectivity index (χ3n) is 1.53. The number of hydrogen-bond donors (Lipinski definition) is 0. The standard InChI is InChI=1S/C9H7ClF3NO/c1-15-7-4-2-3-6(5-7)8(10)14-9(11,12)13/h2-5H,1H3/b14-8-. The van der Waals surface area contributed by atoms with Crippen molar-refractivity contribution in [2.24, 2.45) is 4.99 Å². The minimum Gasteiger partial charge on any atom is -0.497 e. The predicted octanol–water partition coefficient (Wildman–Crippen LogP) is 3.20. The van der Waals surface area contributed by atoms with Crippen LogP contribution in [0.25, 0.3) is 0 Å². The Morgan fingerprint density at radius 1 is 1.40 bits per heavy atom. The second-order valence-corrected chi connectivity index (χ2v) is 2.96. The Bertz CT molecular complexity index is 376. The van der Waals surface area contributed by atoms with Crippen LogP contribution in [-0.2, 0) is 0 Å². The molecule has 0 amide bonds. The van der Waals surface area contributed by atoms with Gasteiger partial charge in [0, 0.05) is 5.56 Å². The van der Waals surface area contributed by atoms with Gasteiger partial charge >= 0.3 is 6.30 Å². The van der Waals surface area contributed by atoms with Crippen molar-refractivity contribution in [3.63, 3.8) is 0 Å². The van der Waals surface area contributed by atoms with Crippen molar-refractivity contribution >= 4 is 16.8 Å². The third kappa shape index (κ3) is 3.79. The highest BCUT2D eigenvalue weighted by Gasteiger charge is 2.27. The molecule has 0 aliphatic rings. The number of benzene rings is 1. The molecule has 0 N–H and O–H groups in total. The van der Waals surface area contributed by atoms with Crippen LogP contribution >= 0.6 is 11.6 Å². The van der Waals surface area contributed by atoms with E-state index in [0.717, 1.165) is 0 Å². The number of rotatable bonds is 2. The summed E-state index contributed by atoms with van der Waals surface area (Å²) in [6.45, 7) is 0. The van der Waals surface area contributed by atoms with Gasteiger partial charge in [0.05, 0.1) is 7.11 Å². The molecule has 0 unspecified atom stereocenters. The lowest BCUT2D eigenvalue weighted by Crippen LogP contribution is -2.06. The van der Waals surface area contributed by atoms with Gasteiger partial charge in [0.25, 0.3) is 0 Å². The van der Waals surface area contributed by atoms with Gasteiger partial charge in [0.1, 0.15) is 10.9 Å². The Balaban J connectivity index is 3.01. The van der Waals surface area contributed by atoms with Crippen molar-refractivity contribution in [1.82, 2.24) is 0 Å². The minimum absolute atomic E-state index is 0.161. The van der Waals surface area contributed by atoms with Crippen molar-refractivity contribution in [3.8, 4) is 5.75 Å². The van der Waals surface area contributed by atoms with Crippen LogP contribution in [0, 0.1) is 0 Å². The number of alkyl halides is 3. The SMILES string of the molecule is COc1cccc(/C(Cl)=N/C(F)(F)F)c1. The molecule has 0 aromatic heterocycles. The highest BCUT2D eigenvalue weighted by molar-refractivity contribution is 6.69. The normalized spacial score (nSPS) is 12.7. The van der Waals surface area contributed by atoms with Crippen molar-refractivity contribution in [3.05, 3.63) is 29.8 Å². The quantitative estimate of drug-likeness (QED) is 0.572. The predicted molar refractivity (Wildman–Crippen MR) is 51.4 cm³/mol. The number of nitrogens with zero attached hydrogens (tertiary/aromatic N) is 1. The first kappa shape index (κ1) is 11.8. The van der Waals surface area contributed by atoms with Gasteiger partial charge < -0.3 is 4.74 Å². The highest BCUT2D eigenvalue weighted by Crippen LogP contribution is 2.21. The summed E-state index contributed by atoms with van der Waals surface area (Å²) in [4.78, 5) is 2.38. The maximum atomic E-state index is 11.9. The Morgan fingerprint density at radius 3 is 2.60 bits per heavy atom. The van der Waals surface area contributed by atoms with Crippen molar-refractivity contribution in [2.45, 2.75) is 6.30 Å². The number of ether oxygens (including phenoxy) is 1. The maximum absolute atomic E-state index is 11.9. The van der Waals surface area contributed by atoms with E-state index in [1.807, 2.05) is 0 Å². The first-order valence-electron chi connectivity index (χ1n) is 3.89. The zero-order chi connectivity index (χ0) is 11.5. The van der Waals surface area contributed by atoms with Gasteiger partial charge in [-0.05, 0) is 12.1 Å². The van der Waals surface area contributed by atoms with E-state index < -0.39 is 11.5 Å². The first-order chi connectivity index (χ1) is 6.92. The molecule has 0 atom stereocenters. The van der Waals surface area contributed by atoms with Gasteiger partial charge in [-0.1, -0.05) is 23.7 Å². The van der Waals surface area contributed by atoms with E-state index in [9.17, 15) is 13.2 Å². The summed E-state index contributed by atoms with van der Waals surface area (Å²) in [6.07, 6.45) is -4.67. The van der Waals surface area contributed by atoms with Crippen molar-refractivity contribution in [1.29, 1.82) is 0 Å². The summed E-state index contributed by atoms with van der Waals surface area (Å²) in [5, 5.41) is -0.610. The fraction of sp³-hybridized carbons (Fsp3) is 0.222. The van der Waals surface area contributed by atoms with Gasteiger partial charge in [-0.25, -0.2) is 0 Å². The highest BCUT2D eigenvalue weighted by atomic mass is 35.5. The summed E-state index contributed by atoms with van der Waals surface area (Å²) < 4.78 is 40.5. The van der Waals surface area contributed by atoms with Crippen LogP contribution in [0.1, 0.15) is 5.56 Å². The molecule has 0 saturated carbocycles. The molecule has 6 heteroatoms. The number of methoxy groups -OCH3 is 1. The Kier molecular flexibility index (Phi) is 3.57. The van der Waals surface area contributed by atoms with E-state index in [1.165, 1.54) is 25.3 Å². The first-order valence-corrected chi connectivity index (χ1v) is 4.26. The molecule has 82 valence electrons. The Labute approximate surface area is 89.3 Å². The number of halogens is 4. The molecule has 0 fully saturated rings.